The Morgan fingerprint density at radius 3 is 3.21 bits per heavy atom. The van der Waals surface area contributed by atoms with Crippen LogP contribution >= 0.6 is 0 Å². The van der Waals surface area contributed by atoms with Gasteiger partial charge < -0.3 is 5.32 Å². The summed E-state index contributed by atoms with van der Waals surface area (Å²) < 4.78 is 0. The highest BCUT2D eigenvalue weighted by Crippen LogP contribution is 2.10. The number of nitrogens with zero attached hydrogens (tertiary/aromatic N) is 2. The van der Waals surface area contributed by atoms with Gasteiger partial charge in [0.25, 0.3) is 0 Å². The molecule has 1 heterocycles. The lowest BCUT2D eigenvalue weighted by molar-refractivity contribution is 1.06. The molecule has 0 aliphatic heterocycles. The fraction of sp³-hybridized carbons (Fsp3) is 0.273. The first-order valence-electron chi connectivity index (χ1n) is 4.58. The molecule has 0 atom stereocenters. The third-order valence-corrected chi connectivity index (χ3v) is 1.78. The zero-order valence-electron chi connectivity index (χ0n) is 8.20. The van der Waals surface area contributed by atoms with Crippen molar-refractivity contribution in [1.29, 1.82) is 5.26 Å². The summed E-state index contributed by atoms with van der Waals surface area (Å²) >= 11 is 0. The molecule has 3 heteroatoms. The van der Waals surface area contributed by atoms with Crippen molar-refractivity contribution < 1.29 is 0 Å². The van der Waals surface area contributed by atoms with E-state index in [1.165, 1.54) is 0 Å². The van der Waals surface area contributed by atoms with E-state index < -0.39 is 0 Å². The van der Waals surface area contributed by atoms with Crippen molar-refractivity contribution in [3.63, 3.8) is 0 Å². The number of aromatic nitrogens is 1. The van der Waals surface area contributed by atoms with Gasteiger partial charge in [-0.15, -0.1) is 0 Å². The van der Waals surface area contributed by atoms with Crippen LogP contribution in [0.1, 0.15) is 19.0 Å². The summed E-state index contributed by atoms with van der Waals surface area (Å²) in [5.74, 6) is 0. The van der Waals surface area contributed by atoms with E-state index in [1.807, 2.05) is 31.2 Å². The van der Waals surface area contributed by atoms with Gasteiger partial charge in [0.1, 0.15) is 6.07 Å². The first kappa shape index (κ1) is 10.3. The number of hydrogen-bond acceptors (Lipinski definition) is 3. The Bertz CT molecular complexity index is 350. The predicted molar refractivity (Wildman–Crippen MR) is 56.9 cm³/mol. The molecule has 1 rings (SSSR count). The minimum atomic E-state index is 0.452. The summed E-state index contributed by atoms with van der Waals surface area (Å²) in [4.78, 5) is 3.95. The van der Waals surface area contributed by atoms with Gasteiger partial charge in [0.05, 0.1) is 5.69 Å². The SMILES string of the molecule is C/C=C/CCNc1cccnc1C#N. The molecule has 0 fully saturated rings. The number of rotatable bonds is 4. The van der Waals surface area contributed by atoms with Crippen molar-refractivity contribution in [2.75, 3.05) is 11.9 Å². The van der Waals surface area contributed by atoms with Crippen LogP contribution in [0.4, 0.5) is 5.69 Å². The van der Waals surface area contributed by atoms with Crippen LogP contribution < -0.4 is 5.32 Å². The lowest BCUT2D eigenvalue weighted by Crippen LogP contribution is -2.02. The second kappa shape index (κ2) is 5.76. The highest BCUT2D eigenvalue weighted by Gasteiger charge is 1.99. The summed E-state index contributed by atoms with van der Waals surface area (Å²) in [7, 11) is 0. The Hall–Kier alpha value is -1.82. The zero-order chi connectivity index (χ0) is 10.2. The largest absolute Gasteiger partial charge is 0.382 e. The first-order chi connectivity index (χ1) is 6.88. The zero-order valence-corrected chi connectivity index (χ0v) is 8.20. The maximum atomic E-state index is 8.75. The van der Waals surface area contributed by atoms with Crippen LogP contribution in [-0.4, -0.2) is 11.5 Å². The Labute approximate surface area is 84.1 Å². The molecule has 0 amide bonds. The number of pyridine rings is 1. The topological polar surface area (TPSA) is 48.7 Å². The van der Waals surface area contributed by atoms with E-state index in [9.17, 15) is 0 Å². The fourth-order valence-corrected chi connectivity index (χ4v) is 1.09. The second-order valence-corrected chi connectivity index (χ2v) is 2.80. The predicted octanol–water partition coefficient (Wildman–Crippen LogP) is 2.33. The molecule has 1 aromatic heterocycles. The Morgan fingerprint density at radius 1 is 1.64 bits per heavy atom. The maximum Gasteiger partial charge on any atom is 0.163 e. The monoisotopic (exact) mass is 187 g/mol. The average molecular weight is 187 g/mol. The van der Waals surface area contributed by atoms with Gasteiger partial charge in [0, 0.05) is 12.7 Å². The lowest BCUT2D eigenvalue weighted by Gasteiger charge is -2.04. The quantitative estimate of drug-likeness (QED) is 0.581. The molecule has 1 N–H and O–H groups in total. The maximum absolute atomic E-state index is 8.75. The molecule has 3 nitrogen and oxygen atoms in total. The van der Waals surface area contributed by atoms with Crippen LogP contribution in [0.3, 0.4) is 0 Å². The van der Waals surface area contributed by atoms with Crippen molar-refractivity contribution >= 4 is 5.69 Å². The minimum Gasteiger partial charge on any atom is -0.382 e. The number of nitriles is 1. The lowest BCUT2D eigenvalue weighted by atomic mass is 10.3. The smallest absolute Gasteiger partial charge is 0.163 e. The van der Waals surface area contributed by atoms with Crippen molar-refractivity contribution in [1.82, 2.24) is 4.98 Å². The van der Waals surface area contributed by atoms with E-state index in [-0.39, 0.29) is 0 Å². The van der Waals surface area contributed by atoms with E-state index in [4.69, 9.17) is 5.26 Å². The molecular weight excluding hydrogens is 174 g/mol. The van der Waals surface area contributed by atoms with Gasteiger partial charge in [-0.3, -0.25) is 0 Å². The third kappa shape index (κ3) is 2.91. The van der Waals surface area contributed by atoms with Crippen LogP contribution in [0, 0.1) is 11.3 Å². The molecule has 0 bridgehead atoms. The molecular formula is C11H13N3. The van der Waals surface area contributed by atoms with Crippen LogP contribution in [0.25, 0.3) is 0 Å². The number of nitrogens with one attached hydrogen (secondary N) is 1. The van der Waals surface area contributed by atoms with Crippen molar-refractivity contribution in [2.24, 2.45) is 0 Å². The van der Waals surface area contributed by atoms with E-state index in [1.54, 1.807) is 6.20 Å². The molecule has 14 heavy (non-hydrogen) atoms. The Balaban J connectivity index is 2.54. The van der Waals surface area contributed by atoms with Gasteiger partial charge in [-0.25, -0.2) is 4.98 Å². The van der Waals surface area contributed by atoms with Crippen LogP contribution in [0.15, 0.2) is 30.5 Å². The van der Waals surface area contributed by atoms with Crippen molar-refractivity contribution in [2.45, 2.75) is 13.3 Å². The second-order valence-electron chi connectivity index (χ2n) is 2.80. The highest BCUT2D eigenvalue weighted by atomic mass is 14.9. The van der Waals surface area contributed by atoms with Crippen LogP contribution in [-0.2, 0) is 0 Å². The summed E-state index contributed by atoms with van der Waals surface area (Å²) in [5, 5.41) is 11.9. The minimum absolute atomic E-state index is 0.452. The molecule has 0 unspecified atom stereocenters. The molecule has 0 spiro atoms. The van der Waals surface area contributed by atoms with Gasteiger partial charge in [0.2, 0.25) is 0 Å². The molecule has 0 saturated heterocycles. The van der Waals surface area contributed by atoms with Crippen molar-refractivity contribution in [3.05, 3.63) is 36.2 Å². The molecule has 72 valence electrons. The third-order valence-electron chi connectivity index (χ3n) is 1.78. The standard InChI is InChI=1S/C11H13N3/c1-2-3-4-7-13-10-6-5-8-14-11(10)9-12/h2-3,5-6,8,13H,4,7H2,1H3/b3-2+. The van der Waals surface area contributed by atoms with Gasteiger partial charge in [-0.05, 0) is 25.5 Å². The van der Waals surface area contributed by atoms with Gasteiger partial charge in [0.15, 0.2) is 5.69 Å². The van der Waals surface area contributed by atoms with Crippen LogP contribution in [0.5, 0.6) is 0 Å². The van der Waals surface area contributed by atoms with Gasteiger partial charge in [-0.2, -0.15) is 5.26 Å². The first-order valence-corrected chi connectivity index (χ1v) is 4.58. The molecule has 0 saturated carbocycles. The molecule has 0 radical (unpaired) electrons. The summed E-state index contributed by atoms with van der Waals surface area (Å²) in [6.45, 7) is 2.81. The van der Waals surface area contributed by atoms with E-state index in [0.717, 1.165) is 18.7 Å². The average Bonchev–Trinajstić information content (AvgIpc) is 2.25. The van der Waals surface area contributed by atoms with Crippen molar-refractivity contribution in [3.8, 4) is 6.07 Å². The van der Waals surface area contributed by atoms with Gasteiger partial charge in [-0.1, -0.05) is 12.2 Å². The summed E-state index contributed by atoms with van der Waals surface area (Å²) in [5.41, 5.74) is 1.26. The van der Waals surface area contributed by atoms with E-state index in [2.05, 4.69) is 16.4 Å². The fourth-order valence-electron chi connectivity index (χ4n) is 1.09. The Morgan fingerprint density at radius 2 is 2.50 bits per heavy atom. The highest BCUT2D eigenvalue weighted by molar-refractivity contribution is 5.53. The number of anilines is 1. The molecule has 0 aliphatic carbocycles. The number of hydrogen-bond donors (Lipinski definition) is 1. The molecule has 0 aliphatic rings. The Kier molecular flexibility index (Phi) is 4.22. The van der Waals surface area contributed by atoms with E-state index in [0.29, 0.717) is 5.69 Å². The summed E-state index contributed by atoms with van der Waals surface area (Å²) in [6.07, 6.45) is 6.66. The number of allylic oxidation sites excluding steroid dienone is 1. The normalized spacial score (nSPS) is 10.0. The molecule has 0 aromatic carbocycles. The summed E-state index contributed by atoms with van der Waals surface area (Å²) in [6, 6.07) is 5.73. The van der Waals surface area contributed by atoms with Gasteiger partial charge >= 0.3 is 0 Å². The van der Waals surface area contributed by atoms with Crippen LogP contribution in [0.2, 0.25) is 0 Å². The molecule has 1 aromatic rings. The van der Waals surface area contributed by atoms with E-state index >= 15 is 0 Å².